The van der Waals surface area contributed by atoms with Crippen molar-refractivity contribution in [1.29, 1.82) is 0 Å². The third kappa shape index (κ3) is 1.67. The highest BCUT2D eigenvalue weighted by molar-refractivity contribution is 5.99. The Morgan fingerprint density at radius 3 is 2.65 bits per heavy atom. The van der Waals surface area contributed by atoms with Crippen LogP contribution in [0.5, 0.6) is 0 Å². The lowest BCUT2D eigenvalue weighted by Crippen LogP contribution is -2.37. The van der Waals surface area contributed by atoms with Gasteiger partial charge >= 0.3 is 0 Å². The molecule has 2 heteroatoms. The molecule has 1 N–H and O–H groups in total. The molecule has 2 saturated carbocycles. The minimum atomic E-state index is -0.337. The Morgan fingerprint density at radius 1 is 1.35 bits per heavy atom. The summed E-state index contributed by atoms with van der Waals surface area (Å²) in [6.45, 7) is 10.8. The SMILES string of the molecule is C=C1C(C)(C)[C@@H]2CC[C@]1(C(=O)Nc1ccccc1C)C2. The summed E-state index contributed by atoms with van der Waals surface area (Å²) in [5.41, 5.74) is 2.92. The van der Waals surface area contributed by atoms with Crippen LogP contribution in [-0.2, 0) is 4.79 Å². The van der Waals surface area contributed by atoms with Gasteiger partial charge in [0.1, 0.15) is 0 Å². The average molecular weight is 269 g/mol. The Hall–Kier alpha value is -1.57. The monoisotopic (exact) mass is 269 g/mol. The predicted molar refractivity (Wildman–Crippen MR) is 82.5 cm³/mol. The number of para-hydroxylation sites is 1. The minimum Gasteiger partial charge on any atom is -0.325 e. The Kier molecular flexibility index (Phi) is 2.82. The molecule has 1 aromatic carbocycles. The van der Waals surface area contributed by atoms with Crippen molar-refractivity contribution in [3.05, 3.63) is 42.0 Å². The zero-order valence-corrected chi connectivity index (χ0v) is 12.6. The highest BCUT2D eigenvalue weighted by Gasteiger charge is 2.60. The molecule has 1 amide bonds. The van der Waals surface area contributed by atoms with Crippen LogP contribution in [0.2, 0.25) is 0 Å². The van der Waals surface area contributed by atoms with E-state index in [1.165, 1.54) is 0 Å². The third-order valence-electron chi connectivity index (χ3n) is 5.72. The van der Waals surface area contributed by atoms with Gasteiger partial charge in [-0.05, 0) is 49.1 Å². The van der Waals surface area contributed by atoms with Crippen molar-refractivity contribution in [3.63, 3.8) is 0 Å². The van der Waals surface area contributed by atoms with Gasteiger partial charge in [0.15, 0.2) is 0 Å². The van der Waals surface area contributed by atoms with Gasteiger partial charge in [-0.25, -0.2) is 0 Å². The lowest BCUT2D eigenvalue weighted by atomic mass is 9.68. The van der Waals surface area contributed by atoms with Crippen LogP contribution in [0.4, 0.5) is 5.69 Å². The zero-order valence-electron chi connectivity index (χ0n) is 12.6. The van der Waals surface area contributed by atoms with Crippen molar-refractivity contribution in [2.45, 2.75) is 40.0 Å². The summed E-state index contributed by atoms with van der Waals surface area (Å²) >= 11 is 0. The summed E-state index contributed by atoms with van der Waals surface area (Å²) in [6.07, 6.45) is 3.07. The number of carbonyl (C=O) groups is 1. The van der Waals surface area contributed by atoms with Gasteiger partial charge in [-0.2, -0.15) is 0 Å². The van der Waals surface area contributed by atoms with E-state index >= 15 is 0 Å². The maximum absolute atomic E-state index is 12.9. The van der Waals surface area contributed by atoms with E-state index in [9.17, 15) is 4.79 Å². The molecule has 0 aromatic heterocycles. The molecular formula is C18H23NO. The van der Waals surface area contributed by atoms with Crippen LogP contribution in [0.15, 0.2) is 36.4 Å². The van der Waals surface area contributed by atoms with E-state index in [2.05, 4.69) is 25.7 Å². The summed E-state index contributed by atoms with van der Waals surface area (Å²) in [4.78, 5) is 12.9. The van der Waals surface area contributed by atoms with Crippen molar-refractivity contribution in [3.8, 4) is 0 Å². The Bertz CT molecular complexity index is 587. The molecule has 0 aliphatic heterocycles. The molecule has 2 nitrogen and oxygen atoms in total. The summed E-state index contributed by atoms with van der Waals surface area (Å²) < 4.78 is 0. The lowest BCUT2D eigenvalue weighted by Gasteiger charge is -2.37. The van der Waals surface area contributed by atoms with Crippen molar-refractivity contribution in [2.24, 2.45) is 16.7 Å². The number of hydrogen-bond donors (Lipinski definition) is 1. The van der Waals surface area contributed by atoms with Crippen LogP contribution >= 0.6 is 0 Å². The lowest BCUT2D eigenvalue weighted by molar-refractivity contribution is -0.123. The summed E-state index contributed by atoms with van der Waals surface area (Å²) in [7, 11) is 0. The third-order valence-corrected chi connectivity index (χ3v) is 5.72. The zero-order chi connectivity index (χ0) is 14.5. The molecule has 3 rings (SSSR count). The number of aryl methyl sites for hydroxylation is 1. The number of carbonyl (C=O) groups excluding carboxylic acids is 1. The van der Waals surface area contributed by atoms with Gasteiger partial charge in [0.25, 0.3) is 0 Å². The highest BCUT2D eigenvalue weighted by Crippen LogP contribution is 2.65. The fourth-order valence-electron chi connectivity index (χ4n) is 4.10. The van der Waals surface area contributed by atoms with Crippen LogP contribution < -0.4 is 5.32 Å². The van der Waals surface area contributed by atoms with Crippen LogP contribution in [0.3, 0.4) is 0 Å². The van der Waals surface area contributed by atoms with Crippen molar-refractivity contribution < 1.29 is 4.79 Å². The quantitative estimate of drug-likeness (QED) is 0.796. The number of hydrogen-bond acceptors (Lipinski definition) is 1. The molecule has 2 atom stereocenters. The van der Waals surface area contributed by atoms with E-state index in [1.54, 1.807) is 0 Å². The molecule has 0 spiro atoms. The van der Waals surface area contributed by atoms with Gasteiger partial charge in [-0.15, -0.1) is 0 Å². The normalized spacial score (nSPS) is 30.6. The van der Waals surface area contributed by atoms with E-state index in [-0.39, 0.29) is 16.7 Å². The van der Waals surface area contributed by atoms with Crippen LogP contribution in [0.1, 0.15) is 38.7 Å². The maximum Gasteiger partial charge on any atom is 0.234 e. The number of benzene rings is 1. The van der Waals surface area contributed by atoms with E-state index < -0.39 is 0 Å². The summed E-state index contributed by atoms with van der Waals surface area (Å²) in [5.74, 6) is 0.752. The Morgan fingerprint density at radius 2 is 2.05 bits per heavy atom. The van der Waals surface area contributed by atoms with E-state index in [0.29, 0.717) is 5.92 Å². The molecule has 0 radical (unpaired) electrons. The topological polar surface area (TPSA) is 29.1 Å². The number of amides is 1. The average Bonchev–Trinajstić information content (AvgIpc) is 2.93. The molecule has 20 heavy (non-hydrogen) atoms. The van der Waals surface area contributed by atoms with E-state index in [4.69, 9.17) is 0 Å². The fraction of sp³-hybridized carbons (Fsp3) is 0.500. The molecule has 2 fully saturated rings. The fourth-order valence-corrected chi connectivity index (χ4v) is 4.10. The van der Waals surface area contributed by atoms with E-state index in [0.717, 1.165) is 36.1 Å². The van der Waals surface area contributed by atoms with Crippen molar-refractivity contribution in [1.82, 2.24) is 0 Å². The Labute approximate surface area is 121 Å². The van der Waals surface area contributed by atoms with Crippen LogP contribution in [-0.4, -0.2) is 5.91 Å². The number of rotatable bonds is 2. The molecule has 2 aliphatic carbocycles. The molecule has 0 unspecified atom stereocenters. The largest absolute Gasteiger partial charge is 0.325 e. The standard InChI is InChI=1S/C18H23NO/c1-12-7-5-6-8-15(12)19-16(20)18-10-9-14(11-18)17(3,4)13(18)2/h5-8,14H,2,9-11H2,1,3-4H3,(H,19,20)/t14-,18+/m1/s1. The van der Waals surface area contributed by atoms with Gasteiger partial charge < -0.3 is 5.32 Å². The van der Waals surface area contributed by atoms with Crippen LogP contribution in [0, 0.1) is 23.7 Å². The molecule has 0 heterocycles. The second-order valence-electron chi connectivity index (χ2n) is 6.99. The van der Waals surface area contributed by atoms with Crippen LogP contribution in [0.25, 0.3) is 0 Å². The number of anilines is 1. The smallest absolute Gasteiger partial charge is 0.234 e. The molecule has 0 saturated heterocycles. The number of fused-ring (bicyclic) bond motifs is 2. The molecule has 2 bridgehead atoms. The molecule has 106 valence electrons. The Balaban J connectivity index is 1.89. The molecular weight excluding hydrogens is 246 g/mol. The van der Waals surface area contributed by atoms with Crippen molar-refractivity contribution in [2.75, 3.05) is 5.32 Å². The molecule has 1 aromatic rings. The minimum absolute atomic E-state index is 0.0985. The first-order valence-electron chi connectivity index (χ1n) is 7.45. The summed E-state index contributed by atoms with van der Waals surface area (Å²) in [5, 5.41) is 3.14. The van der Waals surface area contributed by atoms with Gasteiger partial charge in [0, 0.05) is 5.69 Å². The first-order chi connectivity index (χ1) is 9.38. The number of nitrogens with one attached hydrogen (secondary N) is 1. The highest BCUT2D eigenvalue weighted by atomic mass is 16.2. The maximum atomic E-state index is 12.9. The van der Waals surface area contributed by atoms with Crippen molar-refractivity contribution >= 4 is 11.6 Å². The van der Waals surface area contributed by atoms with Gasteiger partial charge in [0.05, 0.1) is 5.41 Å². The van der Waals surface area contributed by atoms with E-state index in [1.807, 2.05) is 31.2 Å². The first kappa shape index (κ1) is 13.4. The van der Waals surface area contributed by atoms with Gasteiger partial charge in [0.2, 0.25) is 5.91 Å². The molecule has 2 aliphatic rings. The predicted octanol–water partition coefficient (Wildman–Crippen LogP) is 4.32. The first-order valence-corrected chi connectivity index (χ1v) is 7.45. The van der Waals surface area contributed by atoms with Gasteiger partial charge in [-0.1, -0.05) is 44.2 Å². The second-order valence-corrected chi connectivity index (χ2v) is 6.99. The summed E-state index contributed by atoms with van der Waals surface area (Å²) in [6, 6.07) is 7.95. The van der Waals surface area contributed by atoms with Gasteiger partial charge in [-0.3, -0.25) is 4.79 Å². The second kappa shape index (κ2) is 4.21.